The molecule has 1 aliphatic carbocycles. The molecule has 2 aromatic rings. The van der Waals surface area contributed by atoms with E-state index in [0.29, 0.717) is 36.0 Å². The fraction of sp³-hybridized carbons (Fsp3) is 0.500. The summed E-state index contributed by atoms with van der Waals surface area (Å²) in [4.78, 5) is 25.8. The van der Waals surface area contributed by atoms with E-state index in [1.165, 1.54) is 18.4 Å². The summed E-state index contributed by atoms with van der Waals surface area (Å²) >= 11 is 0. The molecular weight excluding hydrogens is 563 g/mol. The van der Waals surface area contributed by atoms with Gasteiger partial charge in [0.15, 0.2) is 12.2 Å². The molecule has 4 fully saturated rings. The van der Waals surface area contributed by atoms with Crippen molar-refractivity contribution in [2.45, 2.75) is 62.8 Å². The Kier molecular flexibility index (Phi) is 8.83. The minimum Gasteiger partial charge on any atom is -0.498 e. The van der Waals surface area contributed by atoms with Gasteiger partial charge in [0.25, 0.3) is 0 Å². The molecule has 10 nitrogen and oxygen atoms in total. The number of fused-ring (bicyclic) bond motifs is 2. The Morgan fingerprint density at radius 1 is 0.907 bits per heavy atom. The number of ether oxygens (including phenoxy) is 8. The Morgan fingerprint density at radius 3 is 2.23 bits per heavy atom. The molecule has 3 saturated heterocycles. The Morgan fingerprint density at radius 2 is 1.58 bits per heavy atom. The van der Waals surface area contributed by atoms with E-state index in [9.17, 15) is 14.0 Å². The highest BCUT2D eigenvalue weighted by molar-refractivity contribution is 5.91. The summed E-state index contributed by atoms with van der Waals surface area (Å²) < 4.78 is 59.4. The molecule has 4 aliphatic rings. The van der Waals surface area contributed by atoms with Crippen LogP contribution in [0.15, 0.2) is 49.2 Å². The molecule has 43 heavy (non-hydrogen) atoms. The van der Waals surface area contributed by atoms with E-state index in [4.69, 9.17) is 37.9 Å². The second kappa shape index (κ2) is 12.9. The average Bonchev–Trinajstić information content (AvgIpc) is 3.51. The Bertz CT molecular complexity index is 1350. The Labute approximate surface area is 248 Å². The summed E-state index contributed by atoms with van der Waals surface area (Å²) in [5.74, 6) is -0.716. The normalized spacial score (nSPS) is 28.7. The van der Waals surface area contributed by atoms with Crippen LogP contribution in [-0.2, 0) is 28.4 Å². The SMILES string of the molecule is C=COCCOc1ccc(C(=O)OC2COC3C(OC(=O)c4ccc(OCC5CCC6OC6C5)cc4C)COC23)c(F)c1. The smallest absolute Gasteiger partial charge is 0.341 e. The number of rotatable bonds is 12. The molecule has 0 bridgehead atoms. The summed E-state index contributed by atoms with van der Waals surface area (Å²) in [6, 6.07) is 9.17. The van der Waals surface area contributed by atoms with Crippen LogP contribution >= 0.6 is 0 Å². The van der Waals surface area contributed by atoms with Gasteiger partial charge in [0.1, 0.15) is 42.7 Å². The van der Waals surface area contributed by atoms with Crippen molar-refractivity contribution in [3.63, 3.8) is 0 Å². The van der Waals surface area contributed by atoms with Crippen LogP contribution in [0.3, 0.4) is 0 Å². The molecule has 0 spiro atoms. The van der Waals surface area contributed by atoms with Crippen LogP contribution in [0.1, 0.15) is 45.5 Å². The summed E-state index contributed by atoms with van der Waals surface area (Å²) in [5, 5.41) is 0. The minimum absolute atomic E-state index is 0.0286. The first-order chi connectivity index (χ1) is 20.9. The maximum absolute atomic E-state index is 14.6. The lowest BCUT2D eigenvalue weighted by molar-refractivity contribution is -0.0289. The molecule has 1 saturated carbocycles. The van der Waals surface area contributed by atoms with Crippen molar-refractivity contribution in [1.29, 1.82) is 0 Å². The molecule has 3 aliphatic heterocycles. The summed E-state index contributed by atoms with van der Waals surface area (Å²) in [7, 11) is 0. The average molecular weight is 599 g/mol. The van der Waals surface area contributed by atoms with Gasteiger partial charge in [-0.2, -0.15) is 0 Å². The van der Waals surface area contributed by atoms with E-state index in [1.807, 2.05) is 13.0 Å². The van der Waals surface area contributed by atoms with Crippen molar-refractivity contribution >= 4 is 11.9 Å². The first-order valence-electron chi connectivity index (χ1n) is 14.6. The van der Waals surface area contributed by atoms with Gasteiger partial charge in [-0.05, 0) is 68.0 Å². The van der Waals surface area contributed by atoms with Crippen LogP contribution in [0.4, 0.5) is 4.39 Å². The van der Waals surface area contributed by atoms with Gasteiger partial charge in [-0.25, -0.2) is 14.0 Å². The number of epoxide rings is 1. The third-order valence-corrected chi connectivity index (χ3v) is 8.24. The molecule has 7 unspecified atom stereocenters. The van der Waals surface area contributed by atoms with Gasteiger partial charge in [-0.3, -0.25) is 0 Å². The largest absolute Gasteiger partial charge is 0.498 e. The fourth-order valence-corrected chi connectivity index (χ4v) is 5.88. The molecule has 0 amide bonds. The van der Waals surface area contributed by atoms with Crippen molar-refractivity contribution in [2.24, 2.45) is 5.92 Å². The number of esters is 2. The zero-order chi connectivity index (χ0) is 29.9. The van der Waals surface area contributed by atoms with Crippen LogP contribution in [0, 0.1) is 18.7 Å². The van der Waals surface area contributed by atoms with Crippen molar-refractivity contribution in [3.8, 4) is 11.5 Å². The molecular formula is C32H35FO10. The number of hydrogen-bond donors (Lipinski definition) is 0. The molecule has 0 N–H and O–H groups in total. The molecule has 7 atom stereocenters. The zero-order valence-electron chi connectivity index (χ0n) is 23.9. The van der Waals surface area contributed by atoms with Crippen molar-refractivity contribution in [2.75, 3.05) is 33.0 Å². The van der Waals surface area contributed by atoms with Gasteiger partial charge in [-0.1, -0.05) is 6.58 Å². The van der Waals surface area contributed by atoms with Crippen LogP contribution < -0.4 is 9.47 Å². The molecule has 0 aromatic heterocycles. The monoisotopic (exact) mass is 598 g/mol. The van der Waals surface area contributed by atoms with Crippen LogP contribution in [0.25, 0.3) is 0 Å². The summed E-state index contributed by atoms with van der Waals surface area (Å²) in [6.45, 7) is 6.45. The molecule has 11 heteroatoms. The van der Waals surface area contributed by atoms with Gasteiger partial charge >= 0.3 is 11.9 Å². The third kappa shape index (κ3) is 6.79. The highest BCUT2D eigenvalue weighted by Crippen LogP contribution is 2.39. The van der Waals surface area contributed by atoms with E-state index in [1.54, 1.807) is 12.1 Å². The first-order valence-corrected chi connectivity index (χ1v) is 14.6. The summed E-state index contributed by atoms with van der Waals surface area (Å²) in [5.41, 5.74) is 0.904. The Hall–Kier alpha value is -3.67. The predicted molar refractivity (Wildman–Crippen MR) is 149 cm³/mol. The van der Waals surface area contributed by atoms with E-state index < -0.39 is 42.2 Å². The molecule has 6 rings (SSSR count). The van der Waals surface area contributed by atoms with Gasteiger partial charge in [0, 0.05) is 6.07 Å². The lowest BCUT2D eigenvalue weighted by Gasteiger charge is -2.20. The maximum Gasteiger partial charge on any atom is 0.341 e. The van der Waals surface area contributed by atoms with E-state index >= 15 is 0 Å². The molecule has 0 radical (unpaired) electrons. The lowest BCUT2D eigenvalue weighted by atomic mass is 9.90. The van der Waals surface area contributed by atoms with Crippen LogP contribution in [-0.4, -0.2) is 81.6 Å². The minimum atomic E-state index is -0.858. The van der Waals surface area contributed by atoms with Gasteiger partial charge < -0.3 is 37.9 Å². The van der Waals surface area contributed by atoms with Gasteiger partial charge in [-0.15, -0.1) is 0 Å². The lowest BCUT2D eigenvalue weighted by Crippen LogP contribution is -2.36. The second-order valence-electron chi connectivity index (χ2n) is 11.2. The standard InChI is InChI=1S/C32H35FO10/c1-3-36-10-11-37-21-6-8-23(24(33)14-21)32(35)43-28-17-40-29-27(16-39-30(28)29)42-31(34)22-7-5-20(12-18(22)2)38-15-19-4-9-25-26(13-19)41-25/h3,5-8,12,14,19,25-30H,1,4,9-11,13,15-17H2,2H3. The molecule has 230 valence electrons. The van der Waals surface area contributed by atoms with Gasteiger partial charge in [0.05, 0.1) is 49.4 Å². The highest BCUT2D eigenvalue weighted by atomic mass is 19.1. The molecule has 2 aromatic carbocycles. The number of carbonyl (C=O) groups is 2. The number of hydrogen-bond acceptors (Lipinski definition) is 10. The number of halogens is 1. The van der Waals surface area contributed by atoms with E-state index in [-0.39, 0.29) is 37.7 Å². The van der Waals surface area contributed by atoms with Crippen molar-refractivity contribution < 1.29 is 51.9 Å². The maximum atomic E-state index is 14.6. The fourth-order valence-electron chi connectivity index (χ4n) is 5.88. The topological polar surface area (TPSA) is 111 Å². The Balaban J connectivity index is 0.986. The zero-order valence-corrected chi connectivity index (χ0v) is 23.9. The van der Waals surface area contributed by atoms with Crippen LogP contribution in [0.2, 0.25) is 0 Å². The number of benzene rings is 2. The number of aryl methyl sites for hydroxylation is 1. The third-order valence-electron chi connectivity index (χ3n) is 8.24. The predicted octanol–water partition coefficient (Wildman–Crippen LogP) is 4.17. The summed E-state index contributed by atoms with van der Waals surface area (Å²) in [6.07, 6.45) is 2.65. The quantitative estimate of drug-likeness (QED) is 0.153. The number of carbonyl (C=O) groups excluding carboxylic acids is 2. The highest BCUT2D eigenvalue weighted by Gasteiger charge is 2.51. The van der Waals surface area contributed by atoms with Crippen molar-refractivity contribution in [3.05, 3.63) is 71.7 Å². The van der Waals surface area contributed by atoms with E-state index in [0.717, 1.165) is 30.9 Å². The van der Waals surface area contributed by atoms with Crippen LogP contribution in [0.5, 0.6) is 11.5 Å². The van der Waals surface area contributed by atoms with E-state index in [2.05, 4.69) is 6.58 Å². The first kappa shape index (κ1) is 29.4. The van der Waals surface area contributed by atoms with Gasteiger partial charge in [0.2, 0.25) is 0 Å². The molecule has 3 heterocycles. The van der Waals surface area contributed by atoms with Crippen molar-refractivity contribution in [1.82, 2.24) is 0 Å². The second-order valence-corrected chi connectivity index (χ2v) is 11.2.